The summed E-state index contributed by atoms with van der Waals surface area (Å²) < 4.78 is 0. The van der Waals surface area contributed by atoms with Crippen LogP contribution in [0.15, 0.2) is 91.0 Å². The predicted molar refractivity (Wildman–Crippen MR) is 99.0 cm³/mol. The fraction of sp³-hybridized carbons (Fsp3) is 0. The average molecular weight is 324 g/mol. The van der Waals surface area contributed by atoms with E-state index in [1.165, 1.54) is 32.5 Å². The second-order valence-corrected chi connectivity index (χ2v) is 11.6. The average Bonchev–Trinajstić information content (AvgIpc) is 2.57. The second kappa shape index (κ2) is 7.82. The van der Waals surface area contributed by atoms with Gasteiger partial charge in [-0.15, -0.1) is 0 Å². The molecule has 0 aromatic heterocycles. The lowest BCUT2D eigenvalue weighted by molar-refractivity contribution is 1.77. The highest BCUT2D eigenvalue weighted by Gasteiger charge is 1.90. The number of hydrogen-bond donors (Lipinski definition) is 0. The van der Waals surface area contributed by atoms with Crippen molar-refractivity contribution in [3.05, 3.63) is 91.0 Å². The molecule has 0 N–H and O–H groups in total. The third kappa shape index (κ3) is 4.46. The van der Waals surface area contributed by atoms with Gasteiger partial charge in [0.25, 0.3) is 0 Å². The van der Waals surface area contributed by atoms with Crippen LogP contribution in [0.25, 0.3) is 0 Å². The minimum Gasteiger partial charge on any atom is -0.501 e. The summed E-state index contributed by atoms with van der Waals surface area (Å²) in [7, 11) is 2.58. The van der Waals surface area contributed by atoms with Crippen molar-refractivity contribution in [2.24, 2.45) is 0 Å². The molecule has 0 saturated carbocycles. The maximum absolute atomic E-state index is 2.26. The van der Waals surface area contributed by atoms with Gasteiger partial charge < -0.3 is 23.8 Å². The Kier molecular flexibility index (Phi) is 5.53. The molecule has 3 aromatic carbocycles. The third-order valence-electron chi connectivity index (χ3n) is 2.92. The zero-order valence-electron chi connectivity index (χ0n) is 11.5. The molecule has 21 heavy (non-hydrogen) atoms. The van der Waals surface area contributed by atoms with Gasteiger partial charge in [-0.2, -0.15) is 0 Å². The topological polar surface area (TPSA) is 0 Å². The Morgan fingerprint density at radius 2 is 0.857 bits per heavy atom. The van der Waals surface area contributed by atoms with Gasteiger partial charge >= 0.3 is 0 Å². The molecule has 3 aromatic rings. The van der Waals surface area contributed by atoms with Gasteiger partial charge in [0.05, 0.1) is 0 Å². The first-order valence-electron chi connectivity index (χ1n) is 6.80. The Hall–Kier alpha value is -1.05. The largest absolute Gasteiger partial charge is 0.501 e. The molecule has 0 saturated heterocycles. The van der Waals surface area contributed by atoms with Crippen LogP contribution in [0.1, 0.15) is 0 Å². The van der Waals surface area contributed by atoms with Crippen molar-refractivity contribution in [2.75, 3.05) is 0 Å². The predicted octanol–water partition coefficient (Wildman–Crippen LogP) is 5.17. The Balaban J connectivity index is 1.84. The lowest BCUT2D eigenvalue weighted by Gasteiger charge is -2.46. The quantitative estimate of drug-likeness (QED) is 0.568. The number of rotatable bonds is 5. The summed E-state index contributed by atoms with van der Waals surface area (Å²) in [6.45, 7) is 0. The highest BCUT2D eigenvalue weighted by atomic mass is 32.4. The zero-order valence-corrected chi connectivity index (χ0v) is 14.2. The Morgan fingerprint density at radius 1 is 0.476 bits per heavy atom. The van der Waals surface area contributed by atoms with Crippen molar-refractivity contribution in [3.63, 3.8) is 0 Å². The fourth-order valence-electron chi connectivity index (χ4n) is 1.91. The van der Waals surface area contributed by atoms with Crippen LogP contribution in [0, 0.1) is 0 Å². The van der Waals surface area contributed by atoms with Crippen LogP contribution in [0.2, 0.25) is 0 Å². The summed E-state index contributed by atoms with van der Waals surface area (Å²) in [6, 6.07) is 32.5. The van der Waals surface area contributed by atoms with E-state index in [1.54, 1.807) is 0 Å². The lowest BCUT2D eigenvalue weighted by Crippen LogP contribution is -2.00. The summed E-state index contributed by atoms with van der Waals surface area (Å²) >= 11 is 0. The maximum atomic E-state index is 2.26. The molecule has 3 rings (SSSR count). The van der Waals surface area contributed by atoms with Crippen LogP contribution in [-0.4, -0.2) is 0 Å². The first-order valence-corrected chi connectivity index (χ1v) is 11.3. The lowest BCUT2D eigenvalue weighted by atomic mass is 10.4. The molecule has 0 aliphatic carbocycles. The Labute approximate surface area is 131 Å². The first-order chi connectivity index (χ1) is 10.4. The van der Waals surface area contributed by atoms with E-state index in [1.807, 2.05) is 0 Å². The van der Waals surface area contributed by atoms with Gasteiger partial charge in [-0.3, -0.25) is 0 Å². The van der Waals surface area contributed by atoms with Gasteiger partial charge in [-0.1, -0.05) is 96.3 Å². The molecular weight excluding hydrogens is 309 g/mol. The molecule has 0 unspecified atom stereocenters. The normalized spacial score (nSPS) is 13.1. The molecule has 0 spiro atoms. The van der Waals surface area contributed by atoms with Crippen molar-refractivity contribution in [1.29, 1.82) is 0 Å². The van der Waals surface area contributed by atoms with Crippen molar-refractivity contribution in [3.8, 4) is 0 Å². The van der Waals surface area contributed by atoms with Crippen molar-refractivity contribution >= 4 is 39.8 Å². The molecule has 0 fully saturated rings. The molecule has 0 nitrogen and oxygen atoms in total. The zero-order chi connectivity index (χ0) is 14.3. The molecule has 0 amide bonds. The van der Waals surface area contributed by atoms with Gasteiger partial charge in [0, 0.05) is 0 Å². The van der Waals surface area contributed by atoms with Crippen LogP contribution in [0.4, 0.5) is 0 Å². The van der Waals surface area contributed by atoms with Crippen LogP contribution in [0.5, 0.6) is 0 Å². The smallest absolute Gasteiger partial charge is 0.0593 e. The summed E-state index contributed by atoms with van der Waals surface area (Å²) in [4.78, 5) is 0. The fourth-order valence-corrected chi connectivity index (χ4v) is 9.67. The Bertz CT molecular complexity index is 612. The summed E-state index contributed by atoms with van der Waals surface area (Å²) in [5.74, 6) is 0. The molecule has 0 atom stereocenters. The minimum absolute atomic E-state index is 0.264. The molecular formula is C18H15P3-2. The van der Waals surface area contributed by atoms with E-state index >= 15 is 0 Å². The van der Waals surface area contributed by atoms with E-state index in [-0.39, 0.29) is 7.30 Å². The van der Waals surface area contributed by atoms with Crippen LogP contribution >= 0.6 is 23.8 Å². The standard InChI is InChI=1S/C18H15P3/c1-4-10-16(11-5-1)19-21(18-14-8-3-9-15-18)20-17-12-6-2-7-13-17/h1-15H/q-2. The van der Waals surface area contributed by atoms with E-state index < -0.39 is 0 Å². The SMILES string of the molecule is c1ccc([P-]P([P-]c2ccccc2)c2ccccc2)cc1. The van der Waals surface area contributed by atoms with E-state index in [0.717, 1.165) is 0 Å². The van der Waals surface area contributed by atoms with Crippen LogP contribution < -0.4 is 15.9 Å². The van der Waals surface area contributed by atoms with E-state index in [2.05, 4.69) is 91.0 Å². The molecule has 0 bridgehead atoms. The van der Waals surface area contributed by atoms with Crippen LogP contribution in [0.3, 0.4) is 0 Å². The van der Waals surface area contributed by atoms with Gasteiger partial charge in [0.1, 0.15) is 0 Å². The van der Waals surface area contributed by atoms with E-state index in [0.29, 0.717) is 0 Å². The van der Waals surface area contributed by atoms with E-state index in [9.17, 15) is 0 Å². The second-order valence-electron chi connectivity index (χ2n) is 4.50. The van der Waals surface area contributed by atoms with Gasteiger partial charge in [0.15, 0.2) is 0 Å². The third-order valence-corrected chi connectivity index (χ3v) is 10.6. The van der Waals surface area contributed by atoms with Gasteiger partial charge in [0.2, 0.25) is 0 Å². The highest BCUT2D eigenvalue weighted by Crippen LogP contribution is 2.67. The van der Waals surface area contributed by atoms with Crippen molar-refractivity contribution in [2.45, 2.75) is 0 Å². The summed E-state index contributed by atoms with van der Waals surface area (Å²) in [6.07, 6.45) is 0. The van der Waals surface area contributed by atoms with Crippen LogP contribution in [-0.2, 0) is 0 Å². The summed E-state index contributed by atoms with van der Waals surface area (Å²) in [5, 5.41) is 4.26. The Morgan fingerprint density at radius 3 is 1.29 bits per heavy atom. The molecule has 0 radical (unpaired) electrons. The monoisotopic (exact) mass is 324 g/mol. The highest BCUT2D eigenvalue weighted by molar-refractivity contribution is 8.57. The molecule has 0 aliphatic heterocycles. The molecule has 0 heterocycles. The molecule has 3 heteroatoms. The van der Waals surface area contributed by atoms with E-state index in [4.69, 9.17) is 0 Å². The van der Waals surface area contributed by atoms with Gasteiger partial charge in [-0.25, -0.2) is 10.6 Å². The van der Waals surface area contributed by atoms with Crippen molar-refractivity contribution < 1.29 is 0 Å². The molecule has 104 valence electrons. The minimum atomic E-state index is -0.264. The van der Waals surface area contributed by atoms with Gasteiger partial charge in [-0.05, 0) is 0 Å². The first kappa shape index (κ1) is 14.9. The molecule has 0 aliphatic rings. The maximum Gasteiger partial charge on any atom is -0.0593 e. The summed E-state index contributed by atoms with van der Waals surface area (Å²) in [5.41, 5.74) is 0. The number of benzene rings is 3. The number of hydrogen-bond acceptors (Lipinski definition) is 0. The van der Waals surface area contributed by atoms with Crippen molar-refractivity contribution in [1.82, 2.24) is 0 Å².